The fourth-order valence-corrected chi connectivity index (χ4v) is 2.83. The van der Waals surface area contributed by atoms with Crippen LogP contribution >= 0.6 is 11.8 Å². The third-order valence-corrected chi connectivity index (χ3v) is 3.76. The maximum atomic E-state index is 12.0. The van der Waals surface area contributed by atoms with E-state index in [0.717, 1.165) is 5.75 Å². The topological polar surface area (TPSA) is 95.7 Å². The smallest absolute Gasteiger partial charge is 0.327 e. The van der Waals surface area contributed by atoms with Crippen molar-refractivity contribution >= 4 is 23.8 Å². The molecule has 1 aliphatic heterocycles. The number of carboxylic acids is 1. The van der Waals surface area contributed by atoms with Gasteiger partial charge in [0, 0.05) is 18.1 Å². The average Bonchev–Trinajstić information content (AvgIpc) is 2.81. The second-order valence-electron chi connectivity index (χ2n) is 4.15. The average molecular weight is 285 g/mol. The molecule has 0 saturated carbocycles. The third kappa shape index (κ3) is 3.40. The summed E-state index contributed by atoms with van der Waals surface area (Å²) in [6.45, 7) is 2.35. The predicted molar refractivity (Wildman–Crippen MR) is 68.9 cm³/mol. The molecule has 104 valence electrons. The zero-order valence-electron chi connectivity index (χ0n) is 10.5. The third-order valence-electron chi connectivity index (χ3n) is 2.73. The van der Waals surface area contributed by atoms with Gasteiger partial charge in [-0.2, -0.15) is 11.8 Å². The number of carbonyl (C=O) groups is 2. The maximum absolute atomic E-state index is 12.0. The van der Waals surface area contributed by atoms with Gasteiger partial charge in [0.1, 0.15) is 11.8 Å². The highest BCUT2D eigenvalue weighted by atomic mass is 32.2. The van der Waals surface area contributed by atoms with E-state index in [-0.39, 0.29) is 6.54 Å². The molecule has 0 spiro atoms. The molecule has 2 rings (SSSR count). The number of thioether (sulfide) groups is 1. The van der Waals surface area contributed by atoms with Gasteiger partial charge in [0.2, 0.25) is 5.89 Å². The molecule has 0 radical (unpaired) electrons. The number of rotatable bonds is 3. The lowest BCUT2D eigenvalue weighted by atomic mass is 10.3. The van der Waals surface area contributed by atoms with Gasteiger partial charge in [-0.05, 0) is 6.92 Å². The summed E-state index contributed by atoms with van der Waals surface area (Å²) in [6, 6.07) is -1.17. The number of nitrogens with zero attached hydrogens (tertiary/aromatic N) is 2. The maximum Gasteiger partial charge on any atom is 0.327 e. The minimum atomic E-state index is -0.977. The van der Waals surface area contributed by atoms with Crippen molar-refractivity contribution in [2.75, 3.05) is 18.1 Å². The molecule has 19 heavy (non-hydrogen) atoms. The van der Waals surface area contributed by atoms with Crippen molar-refractivity contribution in [1.82, 2.24) is 15.2 Å². The van der Waals surface area contributed by atoms with Gasteiger partial charge in [-0.3, -0.25) is 0 Å². The molecular weight excluding hydrogens is 270 g/mol. The van der Waals surface area contributed by atoms with Crippen LogP contribution < -0.4 is 5.32 Å². The number of aliphatic carboxylic acids is 1. The number of nitrogens with one attached hydrogen (secondary N) is 1. The Hall–Kier alpha value is -1.70. The summed E-state index contributed by atoms with van der Waals surface area (Å²) in [5.41, 5.74) is 0. The zero-order chi connectivity index (χ0) is 13.8. The van der Waals surface area contributed by atoms with E-state index in [1.54, 1.807) is 13.1 Å². The summed E-state index contributed by atoms with van der Waals surface area (Å²) in [5, 5.41) is 11.7. The van der Waals surface area contributed by atoms with Crippen molar-refractivity contribution in [2.24, 2.45) is 0 Å². The minimum Gasteiger partial charge on any atom is -0.480 e. The molecule has 2 N–H and O–H groups in total. The van der Waals surface area contributed by atoms with Crippen molar-refractivity contribution in [3.8, 4) is 0 Å². The van der Waals surface area contributed by atoms with Crippen molar-refractivity contribution < 1.29 is 19.1 Å². The van der Waals surface area contributed by atoms with Crippen LogP contribution in [0.5, 0.6) is 0 Å². The minimum absolute atomic E-state index is 0.155. The van der Waals surface area contributed by atoms with Crippen LogP contribution in [-0.4, -0.2) is 51.1 Å². The summed E-state index contributed by atoms with van der Waals surface area (Å²) >= 11 is 1.54. The summed E-state index contributed by atoms with van der Waals surface area (Å²) in [5.74, 6) is 1.26. The fourth-order valence-electron chi connectivity index (χ4n) is 1.79. The number of oxazole rings is 1. The van der Waals surface area contributed by atoms with Crippen LogP contribution in [-0.2, 0) is 11.3 Å². The van der Waals surface area contributed by atoms with E-state index in [4.69, 9.17) is 9.52 Å². The first-order valence-electron chi connectivity index (χ1n) is 5.84. The van der Waals surface area contributed by atoms with Crippen LogP contribution in [0.25, 0.3) is 0 Å². The number of carboxylic acid groups (broad SMARTS) is 1. The van der Waals surface area contributed by atoms with Gasteiger partial charge in [-0.15, -0.1) is 0 Å². The molecule has 1 unspecified atom stereocenters. The lowest BCUT2D eigenvalue weighted by molar-refractivity contribution is -0.141. The molecule has 1 aliphatic rings. The number of hydrogen-bond acceptors (Lipinski definition) is 5. The molecular formula is C11H15N3O4S. The largest absolute Gasteiger partial charge is 0.480 e. The number of aromatic nitrogens is 1. The van der Waals surface area contributed by atoms with Crippen molar-refractivity contribution in [1.29, 1.82) is 0 Å². The number of aryl methyl sites for hydroxylation is 1. The van der Waals surface area contributed by atoms with Crippen molar-refractivity contribution in [2.45, 2.75) is 19.5 Å². The van der Waals surface area contributed by atoms with Crippen LogP contribution in [0, 0.1) is 6.92 Å². The quantitative estimate of drug-likeness (QED) is 0.848. The molecule has 1 aromatic rings. The molecule has 1 fully saturated rings. The molecule has 1 saturated heterocycles. The Labute approximate surface area is 114 Å². The van der Waals surface area contributed by atoms with Crippen LogP contribution in [0.2, 0.25) is 0 Å². The van der Waals surface area contributed by atoms with Gasteiger partial charge in [-0.1, -0.05) is 0 Å². The van der Waals surface area contributed by atoms with Gasteiger partial charge >= 0.3 is 12.0 Å². The Kier molecular flexibility index (Phi) is 4.31. The molecule has 7 nitrogen and oxygen atoms in total. The Morgan fingerprint density at radius 1 is 1.68 bits per heavy atom. The molecule has 0 aliphatic carbocycles. The molecule has 1 aromatic heterocycles. The van der Waals surface area contributed by atoms with Gasteiger partial charge in [0.15, 0.2) is 0 Å². The first-order valence-corrected chi connectivity index (χ1v) is 6.99. The molecule has 0 aromatic carbocycles. The van der Waals surface area contributed by atoms with E-state index in [9.17, 15) is 9.59 Å². The second-order valence-corrected chi connectivity index (χ2v) is 5.30. The number of hydrogen-bond donors (Lipinski definition) is 2. The van der Waals surface area contributed by atoms with Crippen LogP contribution in [0.15, 0.2) is 10.6 Å². The van der Waals surface area contributed by atoms with E-state index in [2.05, 4.69) is 10.3 Å². The Morgan fingerprint density at radius 3 is 3.11 bits per heavy atom. The van der Waals surface area contributed by atoms with Gasteiger partial charge in [0.25, 0.3) is 0 Å². The molecule has 0 bridgehead atoms. The van der Waals surface area contributed by atoms with E-state index < -0.39 is 18.0 Å². The summed E-state index contributed by atoms with van der Waals surface area (Å²) in [4.78, 5) is 28.4. The highest BCUT2D eigenvalue weighted by molar-refractivity contribution is 7.99. The fraction of sp³-hybridized carbons (Fsp3) is 0.545. The summed E-state index contributed by atoms with van der Waals surface area (Å²) in [6.07, 6.45) is 1.57. The normalized spacial score (nSPS) is 19.2. The van der Waals surface area contributed by atoms with Crippen LogP contribution in [0.3, 0.4) is 0 Å². The predicted octanol–water partition coefficient (Wildman–Crippen LogP) is 0.695. The Balaban J connectivity index is 1.92. The summed E-state index contributed by atoms with van der Waals surface area (Å²) < 4.78 is 5.23. The summed E-state index contributed by atoms with van der Waals surface area (Å²) in [7, 11) is 0. The first-order chi connectivity index (χ1) is 9.08. The lowest BCUT2D eigenvalue weighted by Gasteiger charge is -2.32. The highest BCUT2D eigenvalue weighted by Crippen LogP contribution is 2.16. The Morgan fingerprint density at radius 2 is 2.47 bits per heavy atom. The van der Waals surface area contributed by atoms with Gasteiger partial charge in [-0.25, -0.2) is 14.6 Å². The molecule has 8 heteroatoms. The lowest BCUT2D eigenvalue weighted by Crippen LogP contribution is -2.53. The van der Waals surface area contributed by atoms with Crippen molar-refractivity contribution in [3.05, 3.63) is 17.8 Å². The molecule has 1 atom stereocenters. The van der Waals surface area contributed by atoms with E-state index >= 15 is 0 Å². The second kappa shape index (κ2) is 5.96. The Bertz CT molecular complexity index is 476. The number of urea groups is 1. The van der Waals surface area contributed by atoms with E-state index in [0.29, 0.717) is 23.9 Å². The molecule has 2 heterocycles. The van der Waals surface area contributed by atoms with E-state index in [1.807, 2.05) is 0 Å². The number of amides is 2. The number of carbonyl (C=O) groups excluding carboxylic acids is 1. The zero-order valence-corrected chi connectivity index (χ0v) is 11.3. The molecule has 2 amide bonds. The van der Waals surface area contributed by atoms with Crippen LogP contribution in [0.4, 0.5) is 4.79 Å². The highest BCUT2D eigenvalue weighted by Gasteiger charge is 2.32. The van der Waals surface area contributed by atoms with Gasteiger partial charge in [0.05, 0.1) is 12.7 Å². The van der Waals surface area contributed by atoms with Crippen molar-refractivity contribution in [3.63, 3.8) is 0 Å². The first kappa shape index (κ1) is 13.7. The van der Waals surface area contributed by atoms with Gasteiger partial charge < -0.3 is 19.7 Å². The van der Waals surface area contributed by atoms with E-state index in [1.165, 1.54) is 16.7 Å². The van der Waals surface area contributed by atoms with Crippen LogP contribution in [0.1, 0.15) is 11.7 Å². The standard InChI is InChI=1S/C11H15N3O4S/c1-7-4-12-9(18-7)5-13-11(17)14-2-3-19-6-8(14)10(15)16/h4,8H,2-3,5-6H2,1H3,(H,13,17)(H,15,16). The monoisotopic (exact) mass is 285 g/mol. The SMILES string of the molecule is Cc1cnc(CNC(=O)N2CCSCC2C(=O)O)o1.